The number of carbonyl (C=O) groups excluding carboxylic acids is 1. The maximum absolute atomic E-state index is 12.9. The molecule has 0 saturated carbocycles. The molecule has 2 atom stereocenters. The molecule has 2 unspecified atom stereocenters. The molecule has 1 fully saturated rings. The third kappa shape index (κ3) is 4.59. The Kier molecular flexibility index (Phi) is 6.40. The minimum absolute atomic E-state index is 0.252. The van der Waals surface area contributed by atoms with Crippen molar-refractivity contribution in [1.82, 2.24) is 9.47 Å². The normalized spacial score (nSPS) is 18.6. The van der Waals surface area contributed by atoms with Crippen LogP contribution in [-0.4, -0.2) is 39.9 Å². The van der Waals surface area contributed by atoms with Crippen molar-refractivity contribution in [2.45, 2.75) is 45.7 Å². The molecule has 6 nitrogen and oxygen atoms in total. The van der Waals surface area contributed by atoms with Crippen molar-refractivity contribution in [3.8, 4) is 0 Å². The molecule has 0 spiro atoms. The van der Waals surface area contributed by atoms with Crippen LogP contribution in [0, 0.1) is 18.3 Å². The van der Waals surface area contributed by atoms with E-state index in [4.69, 9.17) is 11.3 Å². The lowest BCUT2D eigenvalue weighted by Gasteiger charge is -2.21. The molecule has 166 valence electrons. The van der Waals surface area contributed by atoms with Crippen LogP contribution in [0.5, 0.6) is 0 Å². The first kappa shape index (κ1) is 21.8. The van der Waals surface area contributed by atoms with E-state index in [-0.39, 0.29) is 11.9 Å². The molecule has 4 rings (SSSR count). The number of fused-ring (bicyclic) bond motifs is 1. The zero-order chi connectivity index (χ0) is 22.7. The van der Waals surface area contributed by atoms with Gasteiger partial charge in [-0.1, -0.05) is 36.4 Å². The van der Waals surface area contributed by atoms with Crippen LogP contribution < -0.4 is 5.84 Å². The van der Waals surface area contributed by atoms with Crippen molar-refractivity contribution in [2.24, 2.45) is 16.9 Å². The number of hydrogen-bond acceptors (Lipinski definition) is 4. The average Bonchev–Trinajstić information content (AvgIpc) is 3.31. The minimum Gasteiger partial charge on any atom is -0.345 e. The van der Waals surface area contributed by atoms with Gasteiger partial charge < -0.3 is 15.3 Å². The Morgan fingerprint density at radius 2 is 2.00 bits per heavy atom. The average molecular weight is 430 g/mol. The van der Waals surface area contributed by atoms with Crippen molar-refractivity contribution in [1.29, 1.82) is 5.41 Å². The van der Waals surface area contributed by atoms with Gasteiger partial charge in [0.05, 0.1) is 11.9 Å². The van der Waals surface area contributed by atoms with Crippen molar-refractivity contribution in [2.75, 3.05) is 6.54 Å². The number of carbonyl (C=O) groups is 1. The number of benzene rings is 2. The molecule has 2 heterocycles. The first-order valence-corrected chi connectivity index (χ1v) is 11.2. The fourth-order valence-electron chi connectivity index (χ4n) is 4.89. The van der Waals surface area contributed by atoms with Gasteiger partial charge in [-0.05, 0) is 56.4 Å². The van der Waals surface area contributed by atoms with E-state index < -0.39 is 0 Å². The number of likely N-dealkylation sites (tertiary alicyclic amines) is 1. The van der Waals surface area contributed by atoms with Crippen molar-refractivity contribution in [3.63, 3.8) is 0 Å². The number of nitrogens with two attached hydrogens (primary N) is 1. The summed E-state index contributed by atoms with van der Waals surface area (Å²) in [6.45, 7) is 5.98. The summed E-state index contributed by atoms with van der Waals surface area (Å²) in [6, 6.07) is 18.7. The summed E-state index contributed by atoms with van der Waals surface area (Å²) in [7, 11) is 0. The molecule has 2 aromatic carbocycles. The summed E-state index contributed by atoms with van der Waals surface area (Å²) in [5.74, 6) is 5.87. The van der Waals surface area contributed by atoms with Crippen LogP contribution in [0.1, 0.15) is 36.6 Å². The van der Waals surface area contributed by atoms with Crippen LogP contribution in [0.15, 0.2) is 59.7 Å². The lowest BCUT2D eigenvalue weighted by molar-refractivity contribution is -0.131. The summed E-state index contributed by atoms with van der Waals surface area (Å²) in [5.41, 5.74) is 4.66. The van der Waals surface area contributed by atoms with Gasteiger partial charge in [-0.3, -0.25) is 10.2 Å². The largest absolute Gasteiger partial charge is 0.345 e. The molecule has 6 heteroatoms. The van der Waals surface area contributed by atoms with Gasteiger partial charge in [0.25, 0.3) is 0 Å². The van der Waals surface area contributed by atoms with Crippen molar-refractivity contribution in [3.05, 3.63) is 71.4 Å². The molecule has 3 N–H and O–H groups in total. The van der Waals surface area contributed by atoms with Gasteiger partial charge in [-0.25, -0.2) is 0 Å². The van der Waals surface area contributed by atoms with E-state index in [1.165, 1.54) is 17.5 Å². The van der Waals surface area contributed by atoms with Crippen LogP contribution in [0.3, 0.4) is 0 Å². The molecular weight excluding hydrogens is 398 g/mol. The lowest BCUT2D eigenvalue weighted by Crippen LogP contribution is -2.34. The zero-order valence-corrected chi connectivity index (χ0v) is 18.8. The highest BCUT2D eigenvalue weighted by molar-refractivity contribution is 6.37. The third-order valence-corrected chi connectivity index (χ3v) is 6.52. The number of hydrogen-bond donors (Lipinski definition) is 2. The van der Waals surface area contributed by atoms with E-state index >= 15 is 0 Å². The van der Waals surface area contributed by atoms with Crippen molar-refractivity contribution < 1.29 is 4.79 Å². The van der Waals surface area contributed by atoms with Crippen LogP contribution in [-0.2, 0) is 17.8 Å². The highest BCUT2D eigenvalue weighted by Crippen LogP contribution is 2.29. The van der Waals surface area contributed by atoms with Gasteiger partial charge in [-0.15, -0.1) is 0 Å². The second kappa shape index (κ2) is 9.39. The van der Waals surface area contributed by atoms with E-state index in [0.717, 1.165) is 42.4 Å². The Hall–Kier alpha value is -3.41. The maximum atomic E-state index is 12.9. The summed E-state index contributed by atoms with van der Waals surface area (Å²) in [5, 5.41) is 12.6. The number of aromatic nitrogens is 1. The topological polar surface area (TPSA) is 87.5 Å². The van der Waals surface area contributed by atoms with Crippen molar-refractivity contribution >= 4 is 28.7 Å². The quantitative estimate of drug-likeness (QED) is 0.336. The fraction of sp³-hybridized carbons (Fsp3) is 0.346. The zero-order valence-electron chi connectivity index (χ0n) is 18.8. The summed E-state index contributed by atoms with van der Waals surface area (Å²) < 4.78 is 2.34. The van der Waals surface area contributed by atoms with Gasteiger partial charge in [-0.2, -0.15) is 5.10 Å². The van der Waals surface area contributed by atoms with E-state index in [1.807, 2.05) is 30.3 Å². The van der Waals surface area contributed by atoms with E-state index in [9.17, 15) is 4.79 Å². The first-order valence-electron chi connectivity index (χ1n) is 11.2. The first-order chi connectivity index (χ1) is 15.5. The number of nitrogens with zero attached hydrogens (tertiary/aromatic N) is 3. The van der Waals surface area contributed by atoms with Gasteiger partial charge in [0.15, 0.2) is 0 Å². The van der Waals surface area contributed by atoms with Gasteiger partial charge in [0.2, 0.25) is 5.91 Å². The SMILES string of the molecule is Cc1cc2cc(C(=N)/C=N\N)ccc2n1CC1CC(C)N(C(=O)CCc2ccccc2)C1. The smallest absolute Gasteiger partial charge is 0.223 e. The standard InChI is InChI=1S/C26H31N5O/c1-18-12-21(17-31(18)26(32)11-8-20-6-4-3-5-7-20)16-30-19(2)13-23-14-22(9-10-25(23)30)24(27)15-29-28/h3-7,9-10,13-15,18,21,27H,8,11-12,16-17,28H2,1-2H3/b27-24?,29-15-. The molecule has 1 amide bonds. The van der Waals surface area contributed by atoms with Crippen LogP contribution in [0.4, 0.5) is 0 Å². The Balaban J connectivity index is 1.43. The monoisotopic (exact) mass is 429 g/mol. The lowest BCUT2D eigenvalue weighted by atomic mass is 10.1. The van der Waals surface area contributed by atoms with Gasteiger partial charge in [0.1, 0.15) is 0 Å². The number of rotatable bonds is 7. The van der Waals surface area contributed by atoms with Gasteiger partial charge in [0, 0.05) is 47.7 Å². The number of hydrazone groups is 1. The van der Waals surface area contributed by atoms with E-state index in [0.29, 0.717) is 18.1 Å². The minimum atomic E-state index is 0.252. The molecule has 32 heavy (non-hydrogen) atoms. The summed E-state index contributed by atoms with van der Waals surface area (Å²) >= 11 is 0. The Morgan fingerprint density at radius 1 is 1.22 bits per heavy atom. The Labute approximate surface area is 189 Å². The van der Waals surface area contributed by atoms with Crippen LogP contribution in [0.2, 0.25) is 0 Å². The van der Waals surface area contributed by atoms with Gasteiger partial charge >= 0.3 is 0 Å². The molecule has 1 aliphatic rings. The predicted octanol–water partition coefficient (Wildman–Crippen LogP) is 4.13. The summed E-state index contributed by atoms with van der Waals surface area (Å²) in [4.78, 5) is 15.0. The molecule has 1 aromatic heterocycles. The molecule has 1 saturated heterocycles. The number of aryl methyl sites for hydroxylation is 2. The Morgan fingerprint density at radius 3 is 2.75 bits per heavy atom. The highest BCUT2D eigenvalue weighted by atomic mass is 16.2. The Bertz CT molecular complexity index is 1150. The second-order valence-electron chi connectivity index (χ2n) is 8.84. The number of amides is 1. The molecule has 0 radical (unpaired) electrons. The highest BCUT2D eigenvalue weighted by Gasteiger charge is 2.32. The van der Waals surface area contributed by atoms with E-state index in [2.05, 4.69) is 52.7 Å². The second-order valence-corrected chi connectivity index (χ2v) is 8.84. The van der Waals surface area contributed by atoms with E-state index in [1.54, 1.807) is 0 Å². The van der Waals surface area contributed by atoms with Crippen LogP contribution >= 0.6 is 0 Å². The van der Waals surface area contributed by atoms with Crippen LogP contribution in [0.25, 0.3) is 10.9 Å². The third-order valence-electron chi connectivity index (χ3n) is 6.52. The molecule has 0 aliphatic carbocycles. The number of nitrogens with one attached hydrogen (secondary N) is 1. The predicted molar refractivity (Wildman–Crippen MR) is 130 cm³/mol. The molecule has 0 bridgehead atoms. The fourth-order valence-corrected chi connectivity index (χ4v) is 4.89. The maximum Gasteiger partial charge on any atom is 0.223 e. The molecule has 1 aliphatic heterocycles. The summed E-state index contributed by atoms with van der Waals surface area (Å²) in [6.07, 6.45) is 3.73. The molecular formula is C26H31N5O. The molecule has 3 aromatic rings.